The quantitative estimate of drug-likeness (QED) is 0.0354. The third kappa shape index (κ3) is 9.67. The molecule has 1 fully saturated rings. The van der Waals surface area contributed by atoms with Crippen molar-refractivity contribution in [2.75, 3.05) is 55.7 Å². The summed E-state index contributed by atoms with van der Waals surface area (Å²) >= 11 is 2.34. The van der Waals surface area contributed by atoms with Crippen LogP contribution in [0.3, 0.4) is 0 Å². The van der Waals surface area contributed by atoms with Crippen LogP contribution in [0.15, 0.2) is 24.3 Å². The van der Waals surface area contributed by atoms with E-state index in [0.29, 0.717) is 22.7 Å². The molecule has 6 N–H and O–H groups in total. The van der Waals surface area contributed by atoms with Gasteiger partial charge in [0.05, 0.1) is 26.3 Å². The topological polar surface area (TPSA) is 211 Å². The normalized spacial score (nSPS) is 22.7. The molecule has 1 aliphatic rings. The standard InChI is InChI=1S/C25H39IN6O9/c26-9-5-1-2-6-12-30(13-14-40-23-22(36)21(35)19(16-33)41-24(23)37)15-20(34)27-10-11-28-25-29-32(39)18-8-4-3-7-17(18)31(25)38/h3-4,7-8,19,21-24,33,35-37H,1-2,5-6,9-16H2,(H,27,34)(H,28,29)/t19?,21-,22+,23?,24?/m1/s1. The molecule has 1 aliphatic heterocycles. The Balaban J connectivity index is 1.47. The highest BCUT2D eigenvalue weighted by atomic mass is 127. The number of anilines is 1. The van der Waals surface area contributed by atoms with Crippen molar-refractivity contribution in [3.05, 3.63) is 34.7 Å². The van der Waals surface area contributed by atoms with Crippen molar-refractivity contribution in [3.8, 4) is 0 Å². The molecule has 0 radical (unpaired) electrons. The lowest BCUT2D eigenvalue weighted by molar-refractivity contribution is -0.672. The predicted octanol–water partition coefficient (Wildman–Crippen LogP) is -1.86. The first kappa shape index (κ1) is 33.3. The van der Waals surface area contributed by atoms with Crippen LogP contribution in [0.4, 0.5) is 5.95 Å². The summed E-state index contributed by atoms with van der Waals surface area (Å²) in [4.78, 5) is 14.9. The number of halogens is 1. The fraction of sp³-hybridized carbons (Fsp3) is 0.680. The summed E-state index contributed by atoms with van der Waals surface area (Å²) in [6.45, 7) is 0.821. The minimum atomic E-state index is -1.52. The largest absolute Gasteiger partial charge is 0.739 e. The Morgan fingerprint density at radius 2 is 1.80 bits per heavy atom. The third-order valence-electron chi connectivity index (χ3n) is 6.70. The highest BCUT2D eigenvalue weighted by Gasteiger charge is 2.44. The lowest BCUT2D eigenvalue weighted by atomic mass is 9.99. The fourth-order valence-corrected chi connectivity index (χ4v) is 5.00. The van der Waals surface area contributed by atoms with Crippen LogP contribution in [0.2, 0.25) is 0 Å². The zero-order valence-electron chi connectivity index (χ0n) is 22.7. The molecule has 2 heterocycles. The lowest BCUT2D eigenvalue weighted by Crippen LogP contribution is -2.59. The van der Waals surface area contributed by atoms with Gasteiger partial charge in [0, 0.05) is 24.0 Å². The number of aliphatic hydroxyl groups is 4. The van der Waals surface area contributed by atoms with Gasteiger partial charge in [0.25, 0.3) is 5.52 Å². The van der Waals surface area contributed by atoms with Crippen LogP contribution >= 0.6 is 22.6 Å². The van der Waals surface area contributed by atoms with Gasteiger partial charge in [0.1, 0.15) is 24.4 Å². The van der Waals surface area contributed by atoms with E-state index in [9.17, 15) is 35.6 Å². The van der Waals surface area contributed by atoms with Crippen molar-refractivity contribution < 1.29 is 44.3 Å². The van der Waals surface area contributed by atoms with Crippen LogP contribution in [0.5, 0.6) is 0 Å². The monoisotopic (exact) mass is 694 g/mol. The number of fused-ring (bicyclic) bond motifs is 1. The van der Waals surface area contributed by atoms with Gasteiger partial charge in [-0.05, 0) is 29.9 Å². The van der Waals surface area contributed by atoms with Crippen LogP contribution in [0.1, 0.15) is 25.7 Å². The molecule has 0 saturated carbocycles. The molecule has 3 rings (SSSR count). The van der Waals surface area contributed by atoms with Gasteiger partial charge in [0.15, 0.2) is 11.8 Å². The van der Waals surface area contributed by atoms with Crippen molar-refractivity contribution >= 4 is 45.5 Å². The second kappa shape index (κ2) is 17.1. The predicted molar refractivity (Wildman–Crippen MR) is 155 cm³/mol. The minimum Gasteiger partial charge on any atom is -0.739 e. The van der Waals surface area contributed by atoms with Crippen molar-refractivity contribution in [3.63, 3.8) is 0 Å². The Morgan fingerprint density at radius 1 is 1.07 bits per heavy atom. The van der Waals surface area contributed by atoms with Crippen molar-refractivity contribution in [1.29, 1.82) is 0 Å². The number of nitrogens with one attached hydrogen (secondary N) is 2. The van der Waals surface area contributed by atoms with Crippen LogP contribution < -0.4 is 20.2 Å². The molecule has 5 atom stereocenters. The molecule has 41 heavy (non-hydrogen) atoms. The van der Waals surface area contributed by atoms with Gasteiger partial charge in [0.2, 0.25) is 11.0 Å². The van der Waals surface area contributed by atoms with Gasteiger partial charge in [-0.25, -0.2) is 4.73 Å². The number of aliphatic hydroxyl groups excluding tert-OH is 4. The average Bonchev–Trinajstić information content (AvgIpc) is 2.96. The van der Waals surface area contributed by atoms with Crippen LogP contribution in [0, 0.1) is 10.4 Å². The summed E-state index contributed by atoms with van der Waals surface area (Å²) in [6, 6.07) is 6.29. The molecule has 1 aromatic carbocycles. The Morgan fingerprint density at radius 3 is 2.54 bits per heavy atom. The molecule has 1 aromatic heterocycles. The summed E-state index contributed by atoms with van der Waals surface area (Å²) in [5, 5.41) is 73.5. The third-order valence-corrected chi connectivity index (χ3v) is 7.46. The van der Waals surface area contributed by atoms with Crippen LogP contribution in [0.25, 0.3) is 11.0 Å². The van der Waals surface area contributed by atoms with E-state index in [0.717, 1.165) is 30.1 Å². The lowest BCUT2D eigenvalue weighted by Gasteiger charge is -2.40. The summed E-state index contributed by atoms with van der Waals surface area (Å²) in [7, 11) is 0. The van der Waals surface area contributed by atoms with Gasteiger partial charge in [-0.1, -0.05) is 47.6 Å². The molecule has 15 nitrogen and oxygen atoms in total. The van der Waals surface area contributed by atoms with E-state index in [2.05, 4.69) is 38.3 Å². The van der Waals surface area contributed by atoms with Gasteiger partial charge in [-0.15, -0.1) is 0 Å². The van der Waals surface area contributed by atoms with E-state index >= 15 is 0 Å². The van der Waals surface area contributed by atoms with Gasteiger partial charge < -0.3 is 45.6 Å². The van der Waals surface area contributed by atoms with E-state index in [1.807, 2.05) is 4.90 Å². The molecule has 0 spiro atoms. The summed E-state index contributed by atoms with van der Waals surface area (Å²) < 4.78 is 12.3. The van der Waals surface area contributed by atoms with Crippen molar-refractivity contribution in [1.82, 2.24) is 15.3 Å². The number of carbonyl (C=O) groups excluding carboxylic acids is 1. The number of unbranched alkanes of at least 4 members (excludes halogenated alkanes) is 3. The Kier molecular flexibility index (Phi) is 13.9. The molecule has 2 aromatic rings. The van der Waals surface area contributed by atoms with Crippen molar-refractivity contribution in [2.45, 2.75) is 56.4 Å². The Hall–Kier alpha value is -2.19. The minimum absolute atomic E-state index is 0.0492. The van der Waals surface area contributed by atoms with Gasteiger partial charge >= 0.3 is 5.95 Å². The zero-order chi connectivity index (χ0) is 29.8. The molecular weight excluding hydrogens is 655 g/mol. The van der Waals surface area contributed by atoms with E-state index in [4.69, 9.17) is 9.47 Å². The molecule has 1 saturated heterocycles. The highest BCUT2D eigenvalue weighted by molar-refractivity contribution is 14.1. The first-order chi connectivity index (χ1) is 19.8. The fourth-order valence-electron chi connectivity index (χ4n) is 4.46. The Labute approximate surface area is 251 Å². The molecule has 230 valence electrons. The first-order valence-corrected chi connectivity index (χ1v) is 15.1. The number of nitrogens with zero attached hydrogens (tertiary/aromatic N) is 4. The SMILES string of the molecule is O=C(CN(CCCCCCI)CCOC1C(O)OC(CO)[C@@H](O)[C@@H]1O)NCCNc1n[n+]([O-])c2ccccc2[n+]1[O-]. The first-order valence-electron chi connectivity index (χ1n) is 13.6. The number of hydrogen-bond donors (Lipinski definition) is 6. The second-order valence-electron chi connectivity index (χ2n) is 9.70. The van der Waals surface area contributed by atoms with E-state index in [-0.39, 0.29) is 49.1 Å². The molecular formula is C25H39IN6O9. The summed E-state index contributed by atoms with van der Waals surface area (Å²) in [5.74, 6) is -0.438. The molecule has 0 aliphatic carbocycles. The van der Waals surface area contributed by atoms with E-state index < -0.39 is 37.3 Å². The number of amides is 1. The summed E-state index contributed by atoms with van der Waals surface area (Å²) in [6.07, 6.45) is -2.64. The van der Waals surface area contributed by atoms with E-state index in [1.54, 1.807) is 12.1 Å². The van der Waals surface area contributed by atoms with Crippen LogP contribution in [-0.4, -0.2) is 117 Å². The van der Waals surface area contributed by atoms with Crippen molar-refractivity contribution in [2.24, 2.45) is 0 Å². The highest BCUT2D eigenvalue weighted by Crippen LogP contribution is 2.22. The number of carbonyl (C=O) groups is 1. The number of benzene rings is 1. The number of hydrogen-bond acceptors (Lipinski definition) is 12. The Bertz CT molecular complexity index is 1100. The molecule has 0 bridgehead atoms. The van der Waals surface area contributed by atoms with Crippen LogP contribution in [-0.2, 0) is 14.3 Å². The summed E-state index contributed by atoms with van der Waals surface area (Å²) in [5.41, 5.74) is 0.313. The van der Waals surface area contributed by atoms with E-state index in [1.165, 1.54) is 12.1 Å². The maximum atomic E-state index is 12.7. The number of rotatable bonds is 17. The van der Waals surface area contributed by atoms with Gasteiger partial charge in [-0.2, -0.15) is 0 Å². The number of ether oxygens (including phenoxy) is 2. The molecule has 16 heteroatoms. The number of para-hydroxylation sites is 2. The number of aromatic nitrogens is 3. The smallest absolute Gasteiger partial charge is 0.461 e. The number of alkyl halides is 1. The van der Waals surface area contributed by atoms with Gasteiger partial charge in [-0.3, -0.25) is 15.0 Å². The maximum absolute atomic E-state index is 12.7. The zero-order valence-corrected chi connectivity index (χ0v) is 24.8. The molecule has 3 unspecified atom stereocenters. The molecule has 1 amide bonds. The second-order valence-corrected chi connectivity index (χ2v) is 10.8. The maximum Gasteiger partial charge on any atom is 0.461 e. The average molecular weight is 695 g/mol.